The number of aromatic nitrogens is 2. The molecule has 0 atom stereocenters. The second-order valence-electron chi connectivity index (χ2n) is 5.05. The van der Waals surface area contributed by atoms with Crippen LogP contribution in [0.3, 0.4) is 0 Å². The maximum Gasteiger partial charge on any atom is 0.411 e. The highest BCUT2D eigenvalue weighted by Crippen LogP contribution is 2.49. The summed E-state index contributed by atoms with van der Waals surface area (Å²) in [6.45, 7) is 8.42. The minimum atomic E-state index is -4.45. The van der Waals surface area contributed by atoms with E-state index in [1.54, 1.807) is 6.92 Å². The summed E-state index contributed by atoms with van der Waals surface area (Å²) in [6.07, 6.45) is -0.497. The zero-order chi connectivity index (χ0) is 16.5. The summed E-state index contributed by atoms with van der Waals surface area (Å²) < 4.78 is 40.0. The fraction of sp³-hybridized carbons (Fsp3) is 0.357. The molecule has 0 aliphatic heterocycles. The highest BCUT2D eigenvalue weighted by molar-refractivity contribution is 5.96. The number of carbonyl (C=O) groups is 1. The molecule has 1 aromatic heterocycles. The molecule has 22 heavy (non-hydrogen) atoms. The van der Waals surface area contributed by atoms with E-state index in [-0.39, 0.29) is 18.4 Å². The van der Waals surface area contributed by atoms with Gasteiger partial charge >= 0.3 is 6.18 Å². The first-order chi connectivity index (χ1) is 10.2. The number of hydrogen-bond donors (Lipinski definition) is 1. The minimum Gasteiger partial charge on any atom is -0.338 e. The van der Waals surface area contributed by atoms with Crippen molar-refractivity contribution in [2.24, 2.45) is 4.99 Å². The average molecular weight is 312 g/mol. The van der Waals surface area contributed by atoms with E-state index in [0.717, 1.165) is 0 Å². The Morgan fingerprint density at radius 3 is 2.64 bits per heavy atom. The zero-order valence-corrected chi connectivity index (χ0v) is 11.9. The maximum atomic E-state index is 12.9. The van der Waals surface area contributed by atoms with E-state index < -0.39 is 17.6 Å². The number of hydrogen-bond acceptors (Lipinski definition) is 3. The lowest BCUT2D eigenvalue weighted by Gasteiger charge is -2.20. The van der Waals surface area contributed by atoms with Crippen LogP contribution in [0.15, 0.2) is 30.0 Å². The smallest absolute Gasteiger partial charge is 0.338 e. The van der Waals surface area contributed by atoms with Gasteiger partial charge in [0.25, 0.3) is 5.91 Å². The monoisotopic (exact) mass is 312 g/mol. The summed E-state index contributed by atoms with van der Waals surface area (Å²) >= 11 is 0. The fourth-order valence-electron chi connectivity index (χ4n) is 2.00. The van der Waals surface area contributed by atoms with E-state index in [4.69, 9.17) is 0 Å². The number of carbonyl (C=O) groups excluding carboxylic acids is 1. The number of aryl methyl sites for hydroxylation is 1. The molecule has 1 fully saturated rings. The lowest BCUT2D eigenvalue weighted by Crippen LogP contribution is -2.47. The van der Waals surface area contributed by atoms with Gasteiger partial charge in [-0.1, -0.05) is 6.58 Å². The molecule has 1 amide bonds. The lowest BCUT2D eigenvalue weighted by molar-refractivity contribution is -0.163. The number of alkyl halides is 3. The van der Waals surface area contributed by atoms with E-state index in [2.05, 4.69) is 28.7 Å². The molecular formula is C14H15F3N4O. The van der Waals surface area contributed by atoms with Crippen LogP contribution in [-0.2, 0) is 0 Å². The third-order valence-electron chi connectivity index (χ3n) is 3.49. The van der Waals surface area contributed by atoms with Crippen molar-refractivity contribution in [3.05, 3.63) is 36.3 Å². The van der Waals surface area contributed by atoms with Crippen LogP contribution >= 0.6 is 0 Å². The Labute approximate surface area is 125 Å². The van der Waals surface area contributed by atoms with Gasteiger partial charge < -0.3 is 5.32 Å². The van der Waals surface area contributed by atoms with Gasteiger partial charge in [-0.15, -0.1) is 0 Å². The molecule has 0 saturated heterocycles. The van der Waals surface area contributed by atoms with Gasteiger partial charge in [-0.3, -0.25) is 9.79 Å². The highest BCUT2D eigenvalue weighted by Gasteiger charge is 2.64. The first-order valence-corrected chi connectivity index (χ1v) is 6.48. The van der Waals surface area contributed by atoms with Crippen molar-refractivity contribution in [1.29, 1.82) is 0 Å². The topological polar surface area (TPSA) is 59.3 Å². The van der Waals surface area contributed by atoms with E-state index in [0.29, 0.717) is 11.4 Å². The van der Waals surface area contributed by atoms with E-state index >= 15 is 0 Å². The van der Waals surface area contributed by atoms with E-state index in [1.165, 1.54) is 23.2 Å². The van der Waals surface area contributed by atoms with Crippen molar-refractivity contribution in [3.8, 4) is 0 Å². The normalized spacial score (nSPS) is 17.0. The molecule has 8 heteroatoms. The van der Waals surface area contributed by atoms with Crippen LogP contribution in [-0.4, -0.2) is 34.1 Å². The number of allylic oxidation sites excluding steroid dienone is 2. The lowest BCUT2D eigenvalue weighted by atomic mass is 10.2. The third-order valence-corrected chi connectivity index (χ3v) is 3.49. The molecule has 0 spiro atoms. The predicted octanol–water partition coefficient (Wildman–Crippen LogP) is 2.70. The molecule has 1 aliphatic rings. The standard InChI is InChI=1S/C14H15F3N4O/c1-4-10(7-18-3)21-8-11(9(2)20-21)12(22)19-13(5-6-13)14(15,16)17/h4,7-8H,1,3,5-6H2,2H3,(H,19,22)/b10-7+. The van der Waals surface area contributed by atoms with Crippen LogP contribution in [0.4, 0.5) is 13.2 Å². The second-order valence-corrected chi connectivity index (χ2v) is 5.05. The Bertz CT molecular complexity index is 654. The summed E-state index contributed by atoms with van der Waals surface area (Å²) in [4.78, 5) is 15.7. The Balaban J connectivity index is 2.25. The summed E-state index contributed by atoms with van der Waals surface area (Å²) in [5, 5.41) is 6.15. The summed E-state index contributed by atoms with van der Waals surface area (Å²) in [5.41, 5.74) is -1.26. The van der Waals surface area contributed by atoms with Crippen molar-refractivity contribution in [1.82, 2.24) is 15.1 Å². The third kappa shape index (κ3) is 2.81. The fourth-order valence-corrected chi connectivity index (χ4v) is 2.00. The predicted molar refractivity (Wildman–Crippen MR) is 76.5 cm³/mol. The largest absolute Gasteiger partial charge is 0.411 e. The molecule has 1 aromatic rings. The van der Waals surface area contributed by atoms with Gasteiger partial charge in [0, 0.05) is 6.20 Å². The van der Waals surface area contributed by atoms with Crippen LogP contribution in [0.5, 0.6) is 0 Å². The minimum absolute atomic E-state index is 0.0762. The molecule has 0 bridgehead atoms. The Morgan fingerprint density at radius 2 is 2.18 bits per heavy atom. The van der Waals surface area contributed by atoms with Gasteiger partial charge in [0.2, 0.25) is 0 Å². The number of aliphatic imine (C=N–C) groups is 1. The van der Waals surface area contributed by atoms with Gasteiger partial charge in [0.15, 0.2) is 0 Å². The van der Waals surface area contributed by atoms with Crippen molar-refractivity contribution in [2.45, 2.75) is 31.5 Å². The highest BCUT2D eigenvalue weighted by atomic mass is 19.4. The van der Waals surface area contributed by atoms with Crippen LogP contribution < -0.4 is 5.32 Å². The molecule has 1 heterocycles. The molecule has 0 unspecified atom stereocenters. The van der Waals surface area contributed by atoms with Gasteiger partial charge in [0.1, 0.15) is 5.54 Å². The summed E-state index contributed by atoms with van der Waals surface area (Å²) in [5.74, 6) is -0.798. The molecular weight excluding hydrogens is 297 g/mol. The Morgan fingerprint density at radius 1 is 1.55 bits per heavy atom. The number of nitrogens with zero attached hydrogens (tertiary/aromatic N) is 3. The van der Waals surface area contributed by atoms with Gasteiger partial charge in [0.05, 0.1) is 23.2 Å². The quantitative estimate of drug-likeness (QED) is 0.671. The molecule has 118 valence electrons. The number of nitrogens with one attached hydrogen (secondary N) is 1. The molecule has 0 aromatic carbocycles. The van der Waals surface area contributed by atoms with Gasteiger partial charge in [-0.2, -0.15) is 18.3 Å². The molecule has 5 nitrogen and oxygen atoms in total. The van der Waals surface area contributed by atoms with Crippen molar-refractivity contribution in [3.63, 3.8) is 0 Å². The summed E-state index contributed by atoms with van der Waals surface area (Å²) in [7, 11) is 0. The molecule has 2 rings (SSSR count). The Kier molecular flexibility index (Phi) is 3.95. The van der Waals surface area contributed by atoms with E-state index in [9.17, 15) is 18.0 Å². The van der Waals surface area contributed by atoms with Gasteiger partial charge in [-0.05, 0) is 32.6 Å². The van der Waals surface area contributed by atoms with Gasteiger partial charge in [-0.25, -0.2) is 4.68 Å². The van der Waals surface area contributed by atoms with Crippen molar-refractivity contribution in [2.75, 3.05) is 0 Å². The van der Waals surface area contributed by atoms with Crippen molar-refractivity contribution < 1.29 is 18.0 Å². The first-order valence-electron chi connectivity index (χ1n) is 6.48. The second kappa shape index (κ2) is 5.43. The number of rotatable bonds is 5. The van der Waals surface area contributed by atoms with Crippen LogP contribution in [0.25, 0.3) is 5.70 Å². The summed E-state index contributed by atoms with van der Waals surface area (Å²) in [6, 6.07) is 0. The van der Waals surface area contributed by atoms with Crippen molar-refractivity contribution >= 4 is 18.3 Å². The van der Waals surface area contributed by atoms with Crippen LogP contribution in [0.1, 0.15) is 28.9 Å². The SMILES string of the molecule is C=C/C(=C\N=C)n1cc(C(=O)NC2(C(F)(F)F)CC2)c(C)n1. The Hall–Kier alpha value is -2.38. The maximum absolute atomic E-state index is 12.9. The molecule has 1 saturated carbocycles. The molecule has 0 radical (unpaired) electrons. The van der Waals surface area contributed by atoms with Crippen LogP contribution in [0, 0.1) is 6.92 Å². The number of halogens is 3. The number of amides is 1. The molecule has 1 N–H and O–H groups in total. The molecule has 1 aliphatic carbocycles. The zero-order valence-electron chi connectivity index (χ0n) is 11.9. The first kappa shape index (κ1) is 16.0. The van der Waals surface area contributed by atoms with Crippen LogP contribution in [0.2, 0.25) is 0 Å². The average Bonchev–Trinajstić information content (AvgIpc) is 3.11. The van der Waals surface area contributed by atoms with E-state index in [1.807, 2.05) is 0 Å².